The molecule has 0 aromatic heterocycles. The lowest BCUT2D eigenvalue weighted by molar-refractivity contribution is 0.0730. The zero-order chi connectivity index (χ0) is 22.3. The Hall–Kier alpha value is -1.69. The summed E-state index contributed by atoms with van der Waals surface area (Å²) in [6.07, 6.45) is 1.26. The van der Waals surface area contributed by atoms with Crippen LogP contribution in [-0.4, -0.2) is 60.6 Å². The third-order valence-electron chi connectivity index (χ3n) is 4.69. The number of halogens is 1. The molecule has 2 aromatic carbocycles. The Labute approximate surface area is 188 Å². The number of benzene rings is 2. The second-order valence-electron chi connectivity index (χ2n) is 6.90. The smallest absolute Gasteiger partial charge is 0.243 e. The molecular formula is C20H25ClN2O6S2. The first-order chi connectivity index (χ1) is 14.8. The van der Waals surface area contributed by atoms with E-state index in [2.05, 4.69) is 4.72 Å². The highest BCUT2D eigenvalue weighted by Crippen LogP contribution is 2.19. The normalized spacial score (nSPS) is 15.6. The summed E-state index contributed by atoms with van der Waals surface area (Å²) in [6.45, 7) is 1.97. The van der Waals surface area contributed by atoms with Crippen molar-refractivity contribution in [1.82, 2.24) is 9.03 Å². The van der Waals surface area contributed by atoms with E-state index in [-0.39, 0.29) is 29.4 Å². The van der Waals surface area contributed by atoms with Gasteiger partial charge in [-0.05, 0) is 61.4 Å². The van der Waals surface area contributed by atoms with E-state index in [1.54, 1.807) is 24.3 Å². The van der Waals surface area contributed by atoms with Gasteiger partial charge in [-0.3, -0.25) is 0 Å². The van der Waals surface area contributed by atoms with Crippen LogP contribution >= 0.6 is 11.6 Å². The van der Waals surface area contributed by atoms with E-state index < -0.39 is 20.0 Å². The lowest BCUT2D eigenvalue weighted by Gasteiger charge is -2.26. The van der Waals surface area contributed by atoms with Gasteiger partial charge in [0, 0.05) is 24.7 Å². The minimum atomic E-state index is -3.73. The number of hydrogen-bond donors (Lipinski definition) is 1. The van der Waals surface area contributed by atoms with Gasteiger partial charge in [-0.1, -0.05) is 11.6 Å². The number of morpholine rings is 1. The number of hydrogen-bond acceptors (Lipinski definition) is 6. The van der Waals surface area contributed by atoms with Crippen molar-refractivity contribution in [2.45, 2.75) is 22.6 Å². The molecule has 1 fully saturated rings. The van der Waals surface area contributed by atoms with E-state index in [1.807, 2.05) is 0 Å². The summed E-state index contributed by atoms with van der Waals surface area (Å²) in [7, 11) is -7.39. The van der Waals surface area contributed by atoms with E-state index >= 15 is 0 Å². The molecule has 2 aromatic rings. The highest BCUT2D eigenvalue weighted by molar-refractivity contribution is 7.89. The van der Waals surface area contributed by atoms with Gasteiger partial charge in [0.15, 0.2) is 0 Å². The van der Waals surface area contributed by atoms with Crippen molar-refractivity contribution in [2.24, 2.45) is 0 Å². The molecule has 1 saturated heterocycles. The van der Waals surface area contributed by atoms with Crippen molar-refractivity contribution in [1.29, 1.82) is 0 Å². The molecule has 1 aliphatic rings. The average molecular weight is 489 g/mol. The molecule has 0 atom stereocenters. The number of unbranched alkanes of at least 4 members (excludes halogenated alkanes) is 1. The average Bonchev–Trinajstić information content (AvgIpc) is 2.78. The zero-order valence-electron chi connectivity index (χ0n) is 16.9. The number of rotatable bonds is 10. The third kappa shape index (κ3) is 6.64. The molecule has 1 aliphatic heterocycles. The Kier molecular flexibility index (Phi) is 8.31. The first-order valence-corrected chi connectivity index (χ1v) is 13.2. The van der Waals surface area contributed by atoms with Crippen molar-refractivity contribution in [3.63, 3.8) is 0 Å². The molecule has 11 heteroatoms. The minimum Gasteiger partial charge on any atom is -0.494 e. The fourth-order valence-corrected chi connectivity index (χ4v) is 5.57. The molecule has 0 amide bonds. The lowest BCUT2D eigenvalue weighted by atomic mass is 10.3. The van der Waals surface area contributed by atoms with Crippen LogP contribution in [0, 0.1) is 0 Å². The Balaban J connectivity index is 1.47. The summed E-state index contributed by atoms with van der Waals surface area (Å²) in [4.78, 5) is 0.0820. The van der Waals surface area contributed by atoms with Crippen LogP contribution in [-0.2, 0) is 24.8 Å². The molecule has 0 aliphatic carbocycles. The van der Waals surface area contributed by atoms with E-state index in [4.69, 9.17) is 21.1 Å². The molecule has 170 valence electrons. The molecule has 0 unspecified atom stereocenters. The Morgan fingerprint density at radius 3 is 2.16 bits per heavy atom. The fourth-order valence-electron chi connectivity index (χ4n) is 2.96. The SMILES string of the molecule is O=S(=O)(NCCCCOc1ccc(Cl)cc1)c1ccc(S(=O)(=O)N2CCOCC2)cc1. The second kappa shape index (κ2) is 10.8. The minimum absolute atomic E-state index is 0.0193. The summed E-state index contributed by atoms with van der Waals surface area (Å²) in [6, 6.07) is 12.3. The largest absolute Gasteiger partial charge is 0.494 e. The van der Waals surface area contributed by atoms with E-state index in [1.165, 1.54) is 28.6 Å². The Morgan fingerprint density at radius 2 is 1.52 bits per heavy atom. The fraction of sp³-hybridized carbons (Fsp3) is 0.400. The maximum Gasteiger partial charge on any atom is 0.243 e. The first kappa shape index (κ1) is 24.0. The Morgan fingerprint density at radius 1 is 0.903 bits per heavy atom. The summed E-state index contributed by atoms with van der Waals surface area (Å²) in [5.74, 6) is 0.706. The van der Waals surface area contributed by atoms with Crippen LogP contribution in [0.25, 0.3) is 0 Å². The number of nitrogens with zero attached hydrogens (tertiary/aromatic N) is 1. The summed E-state index contributed by atoms with van der Waals surface area (Å²) >= 11 is 5.82. The van der Waals surface area contributed by atoms with Crippen molar-refractivity contribution >= 4 is 31.6 Å². The molecule has 0 bridgehead atoms. The molecule has 8 nitrogen and oxygen atoms in total. The number of sulfonamides is 2. The molecule has 31 heavy (non-hydrogen) atoms. The molecular weight excluding hydrogens is 464 g/mol. The maximum absolute atomic E-state index is 12.6. The lowest BCUT2D eigenvalue weighted by Crippen LogP contribution is -2.40. The van der Waals surface area contributed by atoms with Gasteiger partial charge in [0.2, 0.25) is 20.0 Å². The molecule has 0 spiro atoms. The van der Waals surface area contributed by atoms with Crippen LogP contribution in [0.1, 0.15) is 12.8 Å². The van der Waals surface area contributed by atoms with Gasteiger partial charge in [-0.2, -0.15) is 4.31 Å². The van der Waals surface area contributed by atoms with Crippen LogP contribution in [0.3, 0.4) is 0 Å². The molecule has 3 rings (SSSR count). The maximum atomic E-state index is 12.6. The van der Waals surface area contributed by atoms with Gasteiger partial charge in [-0.15, -0.1) is 0 Å². The van der Waals surface area contributed by atoms with Crippen LogP contribution < -0.4 is 9.46 Å². The molecule has 1 heterocycles. The van der Waals surface area contributed by atoms with Crippen LogP contribution in [0.2, 0.25) is 5.02 Å². The summed E-state index contributed by atoms with van der Waals surface area (Å²) < 4.78 is 64.8. The van der Waals surface area contributed by atoms with E-state index in [9.17, 15) is 16.8 Å². The number of nitrogens with one attached hydrogen (secondary N) is 1. The monoisotopic (exact) mass is 488 g/mol. The quantitative estimate of drug-likeness (QED) is 0.515. The molecule has 0 saturated carbocycles. The van der Waals surface area contributed by atoms with Crippen LogP contribution in [0.5, 0.6) is 5.75 Å². The van der Waals surface area contributed by atoms with Crippen molar-refractivity contribution < 1.29 is 26.3 Å². The Bertz CT molecular complexity index is 1050. The molecule has 0 radical (unpaired) electrons. The zero-order valence-corrected chi connectivity index (χ0v) is 19.3. The van der Waals surface area contributed by atoms with Gasteiger partial charge in [0.25, 0.3) is 0 Å². The first-order valence-electron chi connectivity index (χ1n) is 9.85. The van der Waals surface area contributed by atoms with Crippen molar-refractivity contribution in [3.05, 3.63) is 53.6 Å². The predicted octanol–water partition coefficient (Wildman–Crippen LogP) is 2.50. The topological polar surface area (TPSA) is 102 Å². The highest BCUT2D eigenvalue weighted by atomic mass is 35.5. The van der Waals surface area contributed by atoms with Crippen molar-refractivity contribution in [2.75, 3.05) is 39.5 Å². The predicted molar refractivity (Wildman–Crippen MR) is 117 cm³/mol. The van der Waals surface area contributed by atoms with E-state index in [0.717, 1.165) is 0 Å². The van der Waals surface area contributed by atoms with Gasteiger partial charge < -0.3 is 9.47 Å². The summed E-state index contributed by atoms with van der Waals surface area (Å²) in [5.41, 5.74) is 0. The van der Waals surface area contributed by atoms with Gasteiger partial charge >= 0.3 is 0 Å². The van der Waals surface area contributed by atoms with Crippen molar-refractivity contribution in [3.8, 4) is 5.75 Å². The van der Waals surface area contributed by atoms with E-state index in [0.29, 0.717) is 43.4 Å². The molecule has 1 N–H and O–H groups in total. The number of ether oxygens (including phenoxy) is 2. The van der Waals surface area contributed by atoms with Crippen LogP contribution in [0.4, 0.5) is 0 Å². The summed E-state index contributed by atoms with van der Waals surface area (Å²) in [5, 5.41) is 0.633. The third-order valence-corrected chi connectivity index (χ3v) is 8.33. The standard InChI is InChI=1S/C20H25ClN2O6S2/c21-17-3-5-18(6-4-17)29-14-2-1-11-22-30(24,25)19-7-9-20(10-8-19)31(26,27)23-12-15-28-16-13-23/h3-10,22H,1-2,11-16H2. The van der Waals surface area contributed by atoms with Crippen LogP contribution in [0.15, 0.2) is 58.3 Å². The van der Waals surface area contributed by atoms with Gasteiger partial charge in [-0.25, -0.2) is 21.6 Å². The van der Waals surface area contributed by atoms with Gasteiger partial charge in [0.1, 0.15) is 5.75 Å². The highest BCUT2D eigenvalue weighted by Gasteiger charge is 2.26. The second-order valence-corrected chi connectivity index (χ2v) is 11.0. The van der Waals surface area contributed by atoms with Gasteiger partial charge in [0.05, 0.1) is 29.6 Å².